The minimum Gasteiger partial charge on any atom is -0.322 e. The maximum Gasteiger partial charge on any atom is 0.265 e. The van der Waals surface area contributed by atoms with Gasteiger partial charge in [-0.05, 0) is 73.0 Å². The fourth-order valence-electron chi connectivity index (χ4n) is 4.11. The van der Waals surface area contributed by atoms with Crippen molar-refractivity contribution in [3.8, 4) is 16.8 Å². The Balaban J connectivity index is 1.40. The van der Waals surface area contributed by atoms with Gasteiger partial charge in [-0.25, -0.2) is 4.98 Å². The second kappa shape index (κ2) is 8.79. The summed E-state index contributed by atoms with van der Waals surface area (Å²) in [5.41, 5.74) is 5.57. The van der Waals surface area contributed by atoms with Gasteiger partial charge < -0.3 is 5.32 Å². The molecule has 5 aromatic rings. The zero-order chi connectivity index (χ0) is 23.7. The molecule has 4 aromatic carbocycles. The monoisotopic (exact) mass is 445 g/mol. The fourth-order valence-corrected chi connectivity index (χ4v) is 4.11. The number of para-hydroxylation sites is 1. The summed E-state index contributed by atoms with van der Waals surface area (Å²) in [6.45, 7) is 3.73. The molecule has 166 valence electrons. The third-order valence-corrected chi connectivity index (χ3v) is 5.91. The zero-order valence-electron chi connectivity index (χ0n) is 18.9. The highest BCUT2D eigenvalue weighted by molar-refractivity contribution is 6.05. The van der Waals surface area contributed by atoms with E-state index in [2.05, 4.69) is 10.3 Å². The van der Waals surface area contributed by atoms with Gasteiger partial charge in [0.1, 0.15) is 5.82 Å². The Labute approximate surface area is 197 Å². The van der Waals surface area contributed by atoms with E-state index in [9.17, 15) is 9.59 Å². The van der Waals surface area contributed by atoms with Crippen molar-refractivity contribution in [3.63, 3.8) is 0 Å². The van der Waals surface area contributed by atoms with Crippen molar-refractivity contribution in [2.75, 3.05) is 5.32 Å². The average Bonchev–Trinajstić information content (AvgIpc) is 2.86. The van der Waals surface area contributed by atoms with Crippen molar-refractivity contribution in [1.82, 2.24) is 9.55 Å². The Morgan fingerprint density at radius 2 is 1.47 bits per heavy atom. The van der Waals surface area contributed by atoms with Crippen LogP contribution >= 0.6 is 0 Å². The van der Waals surface area contributed by atoms with Gasteiger partial charge in [-0.3, -0.25) is 14.2 Å². The van der Waals surface area contributed by atoms with Crippen LogP contribution in [-0.4, -0.2) is 15.5 Å². The van der Waals surface area contributed by atoms with Gasteiger partial charge in [0, 0.05) is 11.3 Å². The lowest BCUT2D eigenvalue weighted by molar-refractivity contribution is 0.102. The lowest BCUT2D eigenvalue weighted by Gasteiger charge is -2.14. The highest BCUT2D eigenvalue weighted by Gasteiger charge is 2.13. The molecule has 0 aliphatic rings. The zero-order valence-corrected chi connectivity index (χ0v) is 18.9. The quantitative estimate of drug-likeness (QED) is 0.373. The van der Waals surface area contributed by atoms with E-state index in [1.54, 1.807) is 10.6 Å². The Kier molecular flexibility index (Phi) is 5.52. The predicted octanol–water partition coefficient (Wildman–Crippen LogP) is 5.92. The minimum absolute atomic E-state index is 0.113. The van der Waals surface area contributed by atoms with Crippen LogP contribution in [0.3, 0.4) is 0 Å². The van der Waals surface area contributed by atoms with Crippen LogP contribution in [0.2, 0.25) is 0 Å². The molecule has 0 fully saturated rings. The van der Waals surface area contributed by atoms with Crippen LogP contribution in [0.4, 0.5) is 5.69 Å². The number of nitrogens with one attached hydrogen (secondary N) is 1. The van der Waals surface area contributed by atoms with Gasteiger partial charge in [0.05, 0.1) is 16.6 Å². The van der Waals surface area contributed by atoms with Gasteiger partial charge in [0.15, 0.2) is 0 Å². The van der Waals surface area contributed by atoms with E-state index in [0.29, 0.717) is 33.7 Å². The number of aryl methyl sites for hydroxylation is 2. The predicted molar refractivity (Wildman–Crippen MR) is 137 cm³/mol. The van der Waals surface area contributed by atoms with E-state index in [1.807, 2.05) is 105 Å². The van der Waals surface area contributed by atoms with Crippen LogP contribution in [0.5, 0.6) is 0 Å². The van der Waals surface area contributed by atoms with E-state index in [1.165, 1.54) is 0 Å². The van der Waals surface area contributed by atoms with Crippen LogP contribution in [0.1, 0.15) is 21.7 Å². The molecule has 1 heterocycles. The Bertz CT molecular complexity index is 1570. The van der Waals surface area contributed by atoms with E-state index in [-0.39, 0.29) is 11.5 Å². The van der Waals surface area contributed by atoms with Crippen LogP contribution in [-0.2, 0) is 0 Å². The van der Waals surface area contributed by atoms with Gasteiger partial charge in [-0.1, -0.05) is 54.6 Å². The molecule has 0 saturated heterocycles. The number of benzene rings is 4. The largest absolute Gasteiger partial charge is 0.322 e. The molecule has 1 aromatic heterocycles. The first kappa shape index (κ1) is 21.3. The molecule has 1 amide bonds. The first-order valence-electron chi connectivity index (χ1n) is 11.1. The number of carbonyl (C=O) groups excluding carboxylic acids is 1. The summed E-state index contributed by atoms with van der Waals surface area (Å²) in [6, 6.07) is 30.4. The second-order valence-electron chi connectivity index (χ2n) is 8.21. The molecule has 0 unspecified atom stereocenters. The molecule has 0 aliphatic heterocycles. The summed E-state index contributed by atoms with van der Waals surface area (Å²) in [4.78, 5) is 30.5. The molecule has 0 radical (unpaired) electrons. The molecule has 1 N–H and O–H groups in total. The Hall–Kier alpha value is -4.51. The number of anilines is 1. The fraction of sp³-hybridized carbons (Fsp3) is 0.0690. The number of nitrogens with zero attached hydrogens (tertiary/aromatic N) is 2. The number of rotatable bonds is 4. The molecule has 0 atom stereocenters. The average molecular weight is 446 g/mol. The van der Waals surface area contributed by atoms with Crippen molar-refractivity contribution < 1.29 is 4.79 Å². The summed E-state index contributed by atoms with van der Waals surface area (Å²) in [7, 11) is 0. The van der Waals surface area contributed by atoms with Gasteiger partial charge in [0.25, 0.3) is 11.5 Å². The highest BCUT2D eigenvalue weighted by Crippen LogP contribution is 2.22. The first-order chi connectivity index (χ1) is 16.5. The van der Waals surface area contributed by atoms with Gasteiger partial charge in [-0.15, -0.1) is 0 Å². The molecule has 5 heteroatoms. The standard InChI is InChI=1S/C29H23N3O2/c1-19-18-24(32-20(2)30-27-11-7-6-10-25(27)29(32)34)16-17-26(19)31-28(33)23-14-12-22(13-15-23)21-8-4-3-5-9-21/h3-18H,1-2H3,(H,31,33). The van der Waals surface area contributed by atoms with Gasteiger partial charge in [-0.2, -0.15) is 0 Å². The van der Waals surface area contributed by atoms with E-state index >= 15 is 0 Å². The van der Waals surface area contributed by atoms with Crippen molar-refractivity contribution in [3.05, 3.63) is 124 Å². The third kappa shape index (κ3) is 3.99. The van der Waals surface area contributed by atoms with Crippen molar-refractivity contribution >= 4 is 22.5 Å². The molecule has 0 saturated carbocycles. The van der Waals surface area contributed by atoms with Crippen LogP contribution in [0.25, 0.3) is 27.7 Å². The normalized spacial score (nSPS) is 10.9. The first-order valence-corrected chi connectivity index (χ1v) is 11.1. The molecule has 5 rings (SSSR count). The summed E-state index contributed by atoms with van der Waals surface area (Å²) in [6.07, 6.45) is 0. The summed E-state index contributed by atoms with van der Waals surface area (Å²) < 4.78 is 1.60. The summed E-state index contributed by atoms with van der Waals surface area (Å²) in [5, 5.41) is 3.55. The van der Waals surface area contributed by atoms with Crippen LogP contribution < -0.4 is 10.9 Å². The highest BCUT2D eigenvalue weighted by atomic mass is 16.1. The molecular weight excluding hydrogens is 422 g/mol. The van der Waals surface area contributed by atoms with Gasteiger partial charge >= 0.3 is 0 Å². The number of aromatic nitrogens is 2. The summed E-state index contributed by atoms with van der Waals surface area (Å²) >= 11 is 0. The number of hydrogen-bond acceptors (Lipinski definition) is 3. The van der Waals surface area contributed by atoms with E-state index < -0.39 is 0 Å². The Morgan fingerprint density at radius 3 is 2.21 bits per heavy atom. The lowest BCUT2D eigenvalue weighted by Crippen LogP contribution is -2.22. The maximum atomic E-state index is 13.1. The number of fused-ring (bicyclic) bond motifs is 1. The molecule has 0 aliphatic carbocycles. The van der Waals surface area contributed by atoms with Crippen molar-refractivity contribution in [1.29, 1.82) is 0 Å². The van der Waals surface area contributed by atoms with Crippen LogP contribution in [0.15, 0.2) is 102 Å². The second-order valence-corrected chi connectivity index (χ2v) is 8.21. The Morgan fingerprint density at radius 1 is 0.794 bits per heavy atom. The van der Waals surface area contributed by atoms with Crippen molar-refractivity contribution in [2.24, 2.45) is 0 Å². The number of carbonyl (C=O) groups is 1. The smallest absolute Gasteiger partial charge is 0.265 e. The molecule has 0 bridgehead atoms. The minimum atomic E-state index is -0.184. The molecular formula is C29H23N3O2. The lowest BCUT2D eigenvalue weighted by atomic mass is 10.0. The topological polar surface area (TPSA) is 64.0 Å². The third-order valence-electron chi connectivity index (χ3n) is 5.91. The van der Waals surface area contributed by atoms with Gasteiger partial charge in [0.2, 0.25) is 0 Å². The SMILES string of the molecule is Cc1cc(-n2c(C)nc3ccccc3c2=O)ccc1NC(=O)c1ccc(-c2ccccc2)cc1. The van der Waals surface area contributed by atoms with E-state index in [4.69, 9.17) is 0 Å². The molecule has 0 spiro atoms. The molecule has 34 heavy (non-hydrogen) atoms. The van der Waals surface area contributed by atoms with E-state index in [0.717, 1.165) is 16.7 Å². The van der Waals surface area contributed by atoms with Crippen molar-refractivity contribution in [2.45, 2.75) is 13.8 Å². The number of amides is 1. The molecule has 5 nitrogen and oxygen atoms in total. The maximum absolute atomic E-state index is 13.1. The number of hydrogen-bond donors (Lipinski definition) is 1. The summed E-state index contributed by atoms with van der Waals surface area (Å²) in [5.74, 6) is 0.426. The van der Waals surface area contributed by atoms with Crippen LogP contribution in [0, 0.1) is 13.8 Å².